The van der Waals surface area contributed by atoms with Crippen molar-refractivity contribution in [3.05, 3.63) is 0 Å². The van der Waals surface area contributed by atoms with Crippen molar-refractivity contribution in [2.75, 3.05) is 0 Å². The van der Waals surface area contributed by atoms with Crippen molar-refractivity contribution in [3.8, 4) is 0 Å². The highest BCUT2D eigenvalue weighted by Gasteiger charge is 2.37. The maximum absolute atomic E-state index is 11.2. The van der Waals surface area contributed by atoms with Crippen LogP contribution in [0.4, 0.5) is 0 Å². The van der Waals surface area contributed by atoms with Gasteiger partial charge in [0, 0.05) is 6.42 Å². The molecule has 4 heteroatoms. The number of carbonyl (C=O) groups excluding carboxylic acids is 1. The molecule has 1 fully saturated rings. The van der Waals surface area contributed by atoms with Gasteiger partial charge in [-0.25, -0.2) is 0 Å². The molecule has 15 heavy (non-hydrogen) atoms. The molecule has 0 aromatic rings. The van der Waals surface area contributed by atoms with Crippen molar-refractivity contribution in [1.82, 2.24) is 5.32 Å². The average molecular weight is 228 g/mol. The fraction of sp³-hybridized carbons (Fsp3) is 0.909. The molecule has 1 amide bonds. The van der Waals surface area contributed by atoms with Gasteiger partial charge >= 0.3 is 0 Å². The second-order valence-electron chi connectivity index (χ2n) is 5.53. The second kappa shape index (κ2) is 4.66. The summed E-state index contributed by atoms with van der Waals surface area (Å²) >= 11 is 0. The molecule has 87 valence electrons. The Morgan fingerprint density at radius 1 is 1.47 bits per heavy atom. The summed E-state index contributed by atoms with van der Waals surface area (Å²) in [4.78, 5) is 11.2. The van der Waals surface area contributed by atoms with E-state index in [1.807, 2.05) is 0 Å². The summed E-state index contributed by atoms with van der Waals surface area (Å²) in [5.74, 6) is 0.166. The maximum Gasteiger partial charge on any atom is 0.220 e. The molecule has 1 radical (unpaired) electrons. The van der Waals surface area contributed by atoms with E-state index < -0.39 is 9.04 Å². The minimum atomic E-state index is -0.721. The first-order valence-electron chi connectivity index (χ1n) is 5.57. The summed E-state index contributed by atoms with van der Waals surface area (Å²) in [6, 6.07) is 0.206. The van der Waals surface area contributed by atoms with Crippen molar-refractivity contribution in [2.45, 2.75) is 58.9 Å². The quantitative estimate of drug-likeness (QED) is 0.750. The topological polar surface area (TPSA) is 38.3 Å². The van der Waals surface area contributed by atoms with Gasteiger partial charge in [0.25, 0.3) is 0 Å². The van der Waals surface area contributed by atoms with Gasteiger partial charge in [-0.15, -0.1) is 0 Å². The monoisotopic (exact) mass is 228 g/mol. The molecule has 1 heterocycles. The Bertz CT molecular complexity index is 235. The highest BCUT2D eigenvalue weighted by molar-refractivity contribution is 6.48. The Hall–Kier alpha value is -0.353. The Labute approximate surface area is 94.3 Å². The van der Waals surface area contributed by atoms with Crippen LogP contribution in [0.15, 0.2) is 0 Å². The molecule has 0 aliphatic carbocycles. The first-order valence-corrected chi connectivity index (χ1v) is 7.97. The van der Waals surface area contributed by atoms with E-state index in [1.165, 1.54) is 0 Å². The standard InChI is InChI=1S/C11H22NO2Si/c1-11(2,3)10(14-15(4)5)8-6-7-9(13)12-8/h8,10H,6-7H2,1-5H3,(H,12,13). The molecular weight excluding hydrogens is 206 g/mol. The van der Waals surface area contributed by atoms with Gasteiger partial charge in [0.2, 0.25) is 14.9 Å². The lowest BCUT2D eigenvalue weighted by Gasteiger charge is -2.36. The van der Waals surface area contributed by atoms with Crippen LogP contribution in [0, 0.1) is 5.41 Å². The van der Waals surface area contributed by atoms with E-state index in [2.05, 4.69) is 39.2 Å². The highest BCUT2D eigenvalue weighted by atomic mass is 28.3. The number of rotatable bonds is 3. The zero-order chi connectivity index (χ0) is 11.6. The van der Waals surface area contributed by atoms with Crippen molar-refractivity contribution in [1.29, 1.82) is 0 Å². The molecule has 1 aliphatic rings. The maximum atomic E-state index is 11.2. The van der Waals surface area contributed by atoms with Crippen molar-refractivity contribution >= 4 is 14.9 Å². The largest absolute Gasteiger partial charge is 0.412 e. The molecule has 1 saturated heterocycles. The third-order valence-corrected chi connectivity index (χ3v) is 3.34. The van der Waals surface area contributed by atoms with E-state index in [1.54, 1.807) is 0 Å². The summed E-state index contributed by atoms with van der Waals surface area (Å²) in [5.41, 5.74) is 0.0875. The van der Waals surface area contributed by atoms with Gasteiger partial charge < -0.3 is 9.74 Å². The molecular formula is C11H22NO2Si. The lowest BCUT2D eigenvalue weighted by atomic mass is 9.84. The fourth-order valence-electron chi connectivity index (χ4n) is 1.98. The van der Waals surface area contributed by atoms with Gasteiger partial charge in [-0.3, -0.25) is 4.79 Å². The van der Waals surface area contributed by atoms with Crippen molar-refractivity contribution in [2.24, 2.45) is 5.41 Å². The molecule has 0 bridgehead atoms. The molecule has 2 atom stereocenters. The number of amides is 1. The van der Waals surface area contributed by atoms with E-state index in [9.17, 15) is 4.79 Å². The smallest absolute Gasteiger partial charge is 0.220 e. The minimum Gasteiger partial charge on any atom is -0.412 e. The Kier molecular flexibility index (Phi) is 3.95. The highest BCUT2D eigenvalue weighted by Crippen LogP contribution is 2.29. The SMILES string of the molecule is C[Si](C)OC(C1CCC(=O)N1)C(C)(C)C. The number of hydrogen-bond acceptors (Lipinski definition) is 2. The van der Waals surface area contributed by atoms with Gasteiger partial charge in [0.05, 0.1) is 12.1 Å². The summed E-state index contributed by atoms with van der Waals surface area (Å²) < 4.78 is 6.03. The molecule has 0 saturated carbocycles. The summed E-state index contributed by atoms with van der Waals surface area (Å²) in [6.07, 6.45) is 1.71. The van der Waals surface area contributed by atoms with E-state index in [-0.39, 0.29) is 23.5 Å². The van der Waals surface area contributed by atoms with Gasteiger partial charge in [0.1, 0.15) is 0 Å². The molecule has 3 nitrogen and oxygen atoms in total. The third-order valence-electron chi connectivity index (χ3n) is 2.61. The first-order chi connectivity index (χ1) is 6.80. The molecule has 2 unspecified atom stereocenters. The second-order valence-corrected chi connectivity index (χ2v) is 7.58. The Balaban J connectivity index is 2.68. The number of nitrogens with one attached hydrogen (secondary N) is 1. The van der Waals surface area contributed by atoms with Crippen LogP contribution in [0.3, 0.4) is 0 Å². The first kappa shape index (κ1) is 12.7. The lowest BCUT2D eigenvalue weighted by molar-refractivity contribution is -0.119. The molecule has 0 aromatic heterocycles. The zero-order valence-corrected chi connectivity index (χ0v) is 11.4. The van der Waals surface area contributed by atoms with Crippen LogP contribution in [0.2, 0.25) is 13.1 Å². The predicted molar refractivity (Wildman–Crippen MR) is 63.0 cm³/mol. The predicted octanol–water partition coefficient (Wildman–Crippen LogP) is 1.95. The van der Waals surface area contributed by atoms with E-state index >= 15 is 0 Å². The van der Waals surface area contributed by atoms with Crippen LogP contribution in [-0.4, -0.2) is 27.1 Å². The van der Waals surface area contributed by atoms with Crippen LogP contribution in [0.5, 0.6) is 0 Å². The van der Waals surface area contributed by atoms with Gasteiger partial charge in [-0.1, -0.05) is 20.8 Å². The van der Waals surface area contributed by atoms with Crippen LogP contribution in [-0.2, 0) is 9.22 Å². The minimum absolute atomic E-state index is 0.0875. The van der Waals surface area contributed by atoms with Crippen LogP contribution < -0.4 is 5.32 Å². The third kappa shape index (κ3) is 3.61. The summed E-state index contributed by atoms with van der Waals surface area (Å²) in [5, 5.41) is 3.02. The summed E-state index contributed by atoms with van der Waals surface area (Å²) in [6.45, 7) is 10.8. The molecule has 1 rings (SSSR count). The fourth-order valence-corrected chi connectivity index (χ4v) is 3.01. The number of carbonyl (C=O) groups is 1. The van der Waals surface area contributed by atoms with Gasteiger partial charge in [-0.2, -0.15) is 0 Å². The average Bonchev–Trinajstić information content (AvgIpc) is 2.45. The summed E-state index contributed by atoms with van der Waals surface area (Å²) in [7, 11) is -0.721. The van der Waals surface area contributed by atoms with Crippen LogP contribution >= 0.6 is 0 Å². The lowest BCUT2D eigenvalue weighted by Crippen LogP contribution is -2.47. The Morgan fingerprint density at radius 3 is 2.40 bits per heavy atom. The normalized spacial score (nSPS) is 24.4. The van der Waals surface area contributed by atoms with E-state index in [4.69, 9.17) is 4.43 Å². The van der Waals surface area contributed by atoms with E-state index in [0.29, 0.717) is 6.42 Å². The Morgan fingerprint density at radius 2 is 2.07 bits per heavy atom. The van der Waals surface area contributed by atoms with Gasteiger partial charge in [0.15, 0.2) is 0 Å². The molecule has 0 spiro atoms. The van der Waals surface area contributed by atoms with Crippen LogP contribution in [0.25, 0.3) is 0 Å². The molecule has 1 N–H and O–H groups in total. The number of hydrogen-bond donors (Lipinski definition) is 1. The molecule has 1 aliphatic heterocycles. The van der Waals surface area contributed by atoms with E-state index in [0.717, 1.165) is 6.42 Å². The molecule has 0 aromatic carbocycles. The van der Waals surface area contributed by atoms with Crippen LogP contribution in [0.1, 0.15) is 33.6 Å². The van der Waals surface area contributed by atoms with Gasteiger partial charge in [-0.05, 0) is 24.9 Å². The van der Waals surface area contributed by atoms with Crippen molar-refractivity contribution < 1.29 is 9.22 Å². The zero-order valence-electron chi connectivity index (χ0n) is 10.4. The van der Waals surface area contributed by atoms with Crippen molar-refractivity contribution in [3.63, 3.8) is 0 Å².